The van der Waals surface area contributed by atoms with Crippen molar-refractivity contribution in [2.75, 3.05) is 6.54 Å². The molecule has 0 spiro atoms. The van der Waals surface area contributed by atoms with Crippen LogP contribution in [0.1, 0.15) is 46.5 Å². The van der Waals surface area contributed by atoms with Crippen LogP contribution in [0, 0.1) is 5.92 Å². The van der Waals surface area contributed by atoms with Crippen LogP contribution in [0.3, 0.4) is 0 Å². The largest absolute Gasteiger partial charge is 0.480 e. The number of nitrogens with zero attached hydrogens (tertiary/aromatic N) is 1. The zero-order valence-electron chi connectivity index (χ0n) is 19.2. The molecule has 188 valence electrons. The summed E-state index contributed by atoms with van der Waals surface area (Å²) in [5.41, 5.74) is 21.3. The minimum atomic E-state index is -1.26. The summed E-state index contributed by atoms with van der Waals surface area (Å²) in [6.45, 7) is 4.99. The molecule has 33 heavy (non-hydrogen) atoms. The van der Waals surface area contributed by atoms with Crippen LogP contribution in [0.2, 0.25) is 0 Å². The third-order valence-corrected chi connectivity index (χ3v) is 4.65. The lowest BCUT2D eigenvalue weighted by Gasteiger charge is -2.24. The average molecular weight is 473 g/mol. The monoisotopic (exact) mass is 472 g/mol. The van der Waals surface area contributed by atoms with E-state index in [0.717, 1.165) is 0 Å². The van der Waals surface area contributed by atoms with Gasteiger partial charge in [0, 0.05) is 13.0 Å². The first-order valence-corrected chi connectivity index (χ1v) is 10.5. The van der Waals surface area contributed by atoms with Gasteiger partial charge in [0.15, 0.2) is 5.96 Å². The Morgan fingerprint density at radius 1 is 0.848 bits per heavy atom. The lowest BCUT2D eigenvalue weighted by atomic mass is 10.0. The number of nitrogens with two attached hydrogens (primary N) is 4. The third kappa shape index (κ3) is 12.3. The van der Waals surface area contributed by atoms with Gasteiger partial charge in [-0.3, -0.25) is 24.2 Å². The molecule has 0 saturated carbocycles. The Labute approximate surface area is 192 Å². The zero-order valence-corrected chi connectivity index (χ0v) is 19.2. The number of rotatable bonds is 15. The quantitative estimate of drug-likeness (QED) is 0.0678. The lowest BCUT2D eigenvalue weighted by molar-refractivity contribution is -0.142. The van der Waals surface area contributed by atoms with Crippen LogP contribution in [-0.2, 0) is 24.0 Å². The maximum absolute atomic E-state index is 12.6. The Morgan fingerprint density at radius 3 is 1.91 bits per heavy atom. The van der Waals surface area contributed by atoms with Crippen LogP contribution in [0.15, 0.2) is 4.99 Å². The number of hydrogen-bond acceptors (Lipinski definition) is 7. The van der Waals surface area contributed by atoms with Crippen molar-refractivity contribution < 1.29 is 29.1 Å². The lowest BCUT2D eigenvalue weighted by Crippen LogP contribution is -2.57. The minimum Gasteiger partial charge on any atom is -0.480 e. The van der Waals surface area contributed by atoms with Gasteiger partial charge in [-0.1, -0.05) is 13.8 Å². The predicted molar refractivity (Wildman–Crippen MR) is 120 cm³/mol. The van der Waals surface area contributed by atoms with Gasteiger partial charge in [-0.25, -0.2) is 4.79 Å². The van der Waals surface area contributed by atoms with E-state index in [9.17, 15) is 29.1 Å². The molecular formula is C19H36N8O6. The van der Waals surface area contributed by atoms with Gasteiger partial charge in [-0.15, -0.1) is 0 Å². The number of guanidine groups is 1. The fourth-order valence-electron chi connectivity index (χ4n) is 2.56. The molecule has 4 atom stereocenters. The Balaban J connectivity index is 5.07. The smallest absolute Gasteiger partial charge is 0.326 e. The zero-order chi connectivity index (χ0) is 25.7. The Morgan fingerprint density at radius 2 is 1.42 bits per heavy atom. The van der Waals surface area contributed by atoms with Crippen molar-refractivity contribution in [3.05, 3.63) is 0 Å². The molecular weight excluding hydrogens is 436 g/mol. The van der Waals surface area contributed by atoms with E-state index < -0.39 is 53.8 Å². The van der Waals surface area contributed by atoms with Gasteiger partial charge in [-0.05, 0) is 32.1 Å². The van der Waals surface area contributed by atoms with Crippen molar-refractivity contribution in [1.82, 2.24) is 16.0 Å². The molecule has 14 nitrogen and oxygen atoms in total. The van der Waals surface area contributed by atoms with Crippen molar-refractivity contribution in [2.45, 2.75) is 70.6 Å². The highest BCUT2D eigenvalue weighted by molar-refractivity contribution is 5.94. The molecule has 4 amide bonds. The van der Waals surface area contributed by atoms with E-state index in [1.807, 2.05) is 0 Å². The summed E-state index contributed by atoms with van der Waals surface area (Å²) in [5, 5.41) is 16.5. The molecule has 14 heteroatoms. The number of aliphatic carboxylic acids is 1. The molecule has 0 saturated heterocycles. The predicted octanol–water partition coefficient (Wildman–Crippen LogP) is -3.15. The Hall–Kier alpha value is -3.42. The number of carbonyl (C=O) groups excluding carboxylic acids is 4. The first-order chi connectivity index (χ1) is 15.3. The molecule has 0 aliphatic carbocycles. The first kappa shape index (κ1) is 29.6. The van der Waals surface area contributed by atoms with Gasteiger partial charge < -0.3 is 44.0 Å². The van der Waals surface area contributed by atoms with Gasteiger partial charge in [-0.2, -0.15) is 0 Å². The second-order valence-electron chi connectivity index (χ2n) is 7.91. The van der Waals surface area contributed by atoms with Gasteiger partial charge in [0.05, 0.1) is 6.04 Å². The number of aliphatic imine (C=N–C) groups is 1. The molecule has 0 radical (unpaired) electrons. The first-order valence-electron chi connectivity index (χ1n) is 10.5. The van der Waals surface area contributed by atoms with E-state index in [0.29, 0.717) is 6.42 Å². The van der Waals surface area contributed by atoms with E-state index >= 15 is 0 Å². The molecule has 0 aliphatic rings. The summed E-state index contributed by atoms with van der Waals surface area (Å²) in [6, 6.07) is -4.41. The molecule has 0 aromatic heterocycles. The van der Waals surface area contributed by atoms with Crippen molar-refractivity contribution >= 4 is 35.6 Å². The van der Waals surface area contributed by atoms with E-state index in [-0.39, 0.29) is 37.7 Å². The summed E-state index contributed by atoms with van der Waals surface area (Å²) in [5.74, 6) is -4.37. The van der Waals surface area contributed by atoms with Crippen molar-refractivity contribution in [3.63, 3.8) is 0 Å². The molecule has 0 fully saturated rings. The summed E-state index contributed by atoms with van der Waals surface area (Å²) in [4.78, 5) is 63.6. The summed E-state index contributed by atoms with van der Waals surface area (Å²) >= 11 is 0. The van der Waals surface area contributed by atoms with Crippen LogP contribution in [-0.4, -0.2) is 71.4 Å². The number of hydrogen-bond donors (Lipinski definition) is 8. The average Bonchev–Trinajstić information content (AvgIpc) is 2.71. The standard InChI is InChI=1S/C19H36N8O6/c1-9(2)14(21)17(31)26-11(6-7-13(20)28)16(30)25-10(3)15(29)27-12(18(32)33)5-4-8-24-19(22)23/h9-12,14H,4-8,21H2,1-3H3,(H2,20,28)(H,25,30)(H,26,31)(H,27,29)(H,32,33)(H4,22,23,24). The molecule has 12 N–H and O–H groups in total. The second-order valence-corrected chi connectivity index (χ2v) is 7.91. The van der Waals surface area contributed by atoms with E-state index in [4.69, 9.17) is 22.9 Å². The van der Waals surface area contributed by atoms with Crippen LogP contribution in [0.4, 0.5) is 0 Å². The maximum atomic E-state index is 12.6. The molecule has 0 aromatic rings. The van der Waals surface area contributed by atoms with Gasteiger partial charge in [0.1, 0.15) is 18.1 Å². The normalized spacial score (nSPS) is 14.3. The third-order valence-electron chi connectivity index (χ3n) is 4.65. The van der Waals surface area contributed by atoms with Crippen LogP contribution in [0.5, 0.6) is 0 Å². The van der Waals surface area contributed by atoms with Crippen LogP contribution >= 0.6 is 0 Å². The van der Waals surface area contributed by atoms with E-state index in [2.05, 4.69) is 20.9 Å². The number of nitrogens with one attached hydrogen (secondary N) is 3. The SMILES string of the molecule is CC(NC(=O)C(CCC(N)=O)NC(=O)C(N)C(C)C)C(=O)NC(CCCN=C(N)N)C(=O)O. The van der Waals surface area contributed by atoms with E-state index in [1.165, 1.54) is 6.92 Å². The highest BCUT2D eigenvalue weighted by Crippen LogP contribution is 2.04. The number of carboxylic acids is 1. The Bertz CT molecular complexity index is 738. The van der Waals surface area contributed by atoms with Gasteiger partial charge >= 0.3 is 5.97 Å². The number of amides is 4. The van der Waals surface area contributed by atoms with Crippen molar-refractivity contribution in [2.24, 2.45) is 33.8 Å². The number of carboxylic acid groups (broad SMARTS) is 1. The summed E-state index contributed by atoms with van der Waals surface area (Å²) in [6.07, 6.45) is 0.0669. The van der Waals surface area contributed by atoms with E-state index in [1.54, 1.807) is 13.8 Å². The van der Waals surface area contributed by atoms with Gasteiger partial charge in [0.2, 0.25) is 23.6 Å². The highest BCUT2D eigenvalue weighted by Gasteiger charge is 2.29. The molecule has 0 aromatic carbocycles. The number of primary amides is 1. The summed E-state index contributed by atoms with van der Waals surface area (Å²) < 4.78 is 0. The van der Waals surface area contributed by atoms with Crippen LogP contribution < -0.4 is 38.9 Å². The van der Waals surface area contributed by atoms with Crippen LogP contribution in [0.25, 0.3) is 0 Å². The van der Waals surface area contributed by atoms with Gasteiger partial charge in [0.25, 0.3) is 0 Å². The molecule has 0 heterocycles. The fraction of sp³-hybridized carbons (Fsp3) is 0.684. The Kier molecular flexibility index (Phi) is 13.1. The molecule has 4 unspecified atom stereocenters. The number of carbonyl (C=O) groups is 5. The molecule has 0 aliphatic heterocycles. The van der Waals surface area contributed by atoms with Crippen molar-refractivity contribution in [3.8, 4) is 0 Å². The second kappa shape index (κ2) is 14.6. The topological polar surface area (TPSA) is 258 Å². The summed E-state index contributed by atoms with van der Waals surface area (Å²) in [7, 11) is 0. The maximum Gasteiger partial charge on any atom is 0.326 e. The molecule has 0 bridgehead atoms. The minimum absolute atomic E-state index is 0.0584. The van der Waals surface area contributed by atoms with Crippen molar-refractivity contribution in [1.29, 1.82) is 0 Å². The highest BCUT2D eigenvalue weighted by atomic mass is 16.4. The fourth-order valence-corrected chi connectivity index (χ4v) is 2.56. The molecule has 0 rings (SSSR count).